The third kappa shape index (κ3) is 3.46. The fraction of sp³-hybridized carbons (Fsp3) is 0.316. The molecule has 1 fully saturated rings. The lowest BCUT2D eigenvalue weighted by atomic mass is 10.1. The van der Waals surface area contributed by atoms with Crippen LogP contribution in [0.1, 0.15) is 32.8 Å². The second-order valence-corrected chi connectivity index (χ2v) is 6.86. The first-order valence-corrected chi connectivity index (χ1v) is 8.97. The maximum Gasteiger partial charge on any atom is 0.276 e. The van der Waals surface area contributed by atoms with Crippen LogP contribution in [0.5, 0.6) is 5.75 Å². The van der Waals surface area contributed by atoms with Crippen molar-refractivity contribution >= 4 is 11.8 Å². The molecule has 2 aliphatic heterocycles. The Labute approximate surface area is 163 Å². The molecule has 0 bridgehead atoms. The van der Waals surface area contributed by atoms with Gasteiger partial charge < -0.3 is 24.6 Å². The van der Waals surface area contributed by atoms with Crippen molar-refractivity contribution in [2.45, 2.75) is 25.7 Å². The Bertz CT molecular complexity index is 1050. The van der Waals surface area contributed by atoms with Gasteiger partial charge in [0.25, 0.3) is 11.8 Å². The van der Waals surface area contributed by atoms with Crippen LogP contribution >= 0.6 is 0 Å². The highest BCUT2D eigenvalue weighted by Gasteiger charge is 2.38. The lowest BCUT2D eigenvalue weighted by Crippen LogP contribution is -2.53. The standard InChI is InChI=1S/C19H17F2N3O5/c20-11-4-10(5-12(21)6-11)7-22-18(27)13-8-23-9-14-24(2-1-3-29-14)19(28)15(23)17(26)16(13)25/h4-6,8,14,26H,1-3,7,9H2,(H,22,27). The summed E-state index contributed by atoms with van der Waals surface area (Å²) in [7, 11) is 0. The molecule has 1 unspecified atom stereocenters. The molecule has 0 aliphatic carbocycles. The summed E-state index contributed by atoms with van der Waals surface area (Å²) in [6, 6.07) is 2.80. The van der Waals surface area contributed by atoms with E-state index in [1.807, 2.05) is 0 Å². The summed E-state index contributed by atoms with van der Waals surface area (Å²) in [5.74, 6) is -3.79. The monoisotopic (exact) mass is 405 g/mol. The molecular weight excluding hydrogens is 388 g/mol. The summed E-state index contributed by atoms with van der Waals surface area (Å²) in [5.41, 5.74) is -1.41. The number of carbonyl (C=O) groups excluding carboxylic acids is 2. The fourth-order valence-electron chi connectivity index (χ4n) is 3.55. The number of rotatable bonds is 3. The molecule has 2 amide bonds. The van der Waals surface area contributed by atoms with E-state index < -0.39 is 40.9 Å². The van der Waals surface area contributed by atoms with Crippen molar-refractivity contribution in [3.63, 3.8) is 0 Å². The van der Waals surface area contributed by atoms with E-state index in [0.717, 1.165) is 12.1 Å². The topological polar surface area (TPSA) is 101 Å². The number of benzene rings is 1. The zero-order valence-corrected chi connectivity index (χ0v) is 15.2. The molecule has 152 valence electrons. The van der Waals surface area contributed by atoms with Crippen LogP contribution in [0.25, 0.3) is 0 Å². The highest BCUT2D eigenvalue weighted by Crippen LogP contribution is 2.26. The van der Waals surface area contributed by atoms with Crippen LogP contribution in [0.15, 0.2) is 29.2 Å². The van der Waals surface area contributed by atoms with Crippen molar-refractivity contribution < 1.29 is 28.2 Å². The predicted molar refractivity (Wildman–Crippen MR) is 95.3 cm³/mol. The van der Waals surface area contributed by atoms with Crippen molar-refractivity contribution in [1.82, 2.24) is 14.8 Å². The SMILES string of the molecule is O=C(NCc1cc(F)cc(F)c1)c1cn2c(c(O)c1=O)C(=O)N1CCCOC1C2. The molecule has 0 spiro atoms. The minimum Gasteiger partial charge on any atom is -0.503 e. The largest absolute Gasteiger partial charge is 0.503 e. The fourth-order valence-corrected chi connectivity index (χ4v) is 3.55. The lowest BCUT2D eigenvalue weighted by Gasteiger charge is -2.40. The molecule has 3 heterocycles. The van der Waals surface area contributed by atoms with Gasteiger partial charge in [0.1, 0.15) is 17.2 Å². The normalized spacial score (nSPS) is 18.2. The Hall–Kier alpha value is -3.27. The van der Waals surface area contributed by atoms with Crippen LogP contribution < -0.4 is 10.7 Å². The zero-order chi connectivity index (χ0) is 20.7. The smallest absolute Gasteiger partial charge is 0.276 e. The second-order valence-electron chi connectivity index (χ2n) is 6.86. The number of pyridine rings is 1. The Kier molecular flexibility index (Phi) is 4.79. The summed E-state index contributed by atoms with van der Waals surface area (Å²) < 4.78 is 33.4. The molecule has 1 aromatic carbocycles. The molecule has 29 heavy (non-hydrogen) atoms. The predicted octanol–water partition coefficient (Wildman–Crippen LogP) is 0.964. The number of fused-ring (bicyclic) bond motifs is 2. The van der Waals surface area contributed by atoms with Crippen LogP contribution in [-0.2, 0) is 17.8 Å². The Balaban J connectivity index is 1.61. The number of amides is 2. The molecule has 1 aromatic heterocycles. The average molecular weight is 405 g/mol. The van der Waals surface area contributed by atoms with Crippen molar-refractivity contribution in [3.05, 3.63) is 63.1 Å². The maximum absolute atomic E-state index is 13.3. The lowest BCUT2D eigenvalue weighted by molar-refractivity contribution is -0.0920. The number of nitrogens with zero attached hydrogens (tertiary/aromatic N) is 2. The number of carbonyl (C=O) groups is 2. The van der Waals surface area contributed by atoms with Gasteiger partial charge in [-0.2, -0.15) is 0 Å². The van der Waals surface area contributed by atoms with Gasteiger partial charge in [-0.1, -0.05) is 0 Å². The van der Waals surface area contributed by atoms with Crippen LogP contribution in [0.4, 0.5) is 8.78 Å². The molecule has 2 aliphatic rings. The molecule has 4 rings (SSSR count). The van der Waals surface area contributed by atoms with Gasteiger partial charge in [-0.3, -0.25) is 14.4 Å². The highest BCUT2D eigenvalue weighted by atomic mass is 19.1. The number of ether oxygens (including phenoxy) is 1. The van der Waals surface area contributed by atoms with Crippen LogP contribution in [0, 0.1) is 11.6 Å². The molecule has 0 radical (unpaired) electrons. The van der Waals surface area contributed by atoms with Crippen LogP contribution in [0.3, 0.4) is 0 Å². The van der Waals surface area contributed by atoms with Gasteiger partial charge >= 0.3 is 0 Å². The third-order valence-corrected chi connectivity index (χ3v) is 4.89. The summed E-state index contributed by atoms with van der Waals surface area (Å²) in [6.07, 6.45) is 1.29. The van der Waals surface area contributed by atoms with Crippen LogP contribution in [0.2, 0.25) is 0 Å². The van der Waals surface area contributed by atoms with Gasteiger partial charge in [0.05, 0.1) is 13.2 Å². The van der Waals surface area contributed by atoms with Crippen molar-refractivity contribution in [2.75, 3.05) is 13.2 Å². The van der Waals surface area contributed by atoms with Crippen molar-refractivity contribution in [3.8, 4) is 5.75 Å². The van der Waals surface area contributed by atoms with E-state index in [4.69, 9.17) is 4.74 Å². The molecule has 1 atom stereocenters. The van der Waals surface area contributed by atoms with E-state index in [-0.39, 0.29) is 29.9 Å². The van der Waals surface area contributed by atoms with E-state index in [0.29, 0.717) is 25.6 Å². The Morgan fingerprint density at radius 2 is 1.97 bits per heavy atom. The summed E-state index contributed by atoms with van der Waals surface area (Å²) in [5, 5.41) is 12.7. The number of nitrogens with one attached hydrogen (secondary N) is 1. The number of hydrogen-bond donors (Lipinski definition) is 2. The maximum atomic E-state index is 13.3. The van der Waals surface area contributed by atoms with Crippen molar-refractivity contribution in [2.24, 2.45) is 0 Å². The average Bonchev–Trinajstić information content (AvgIpc) is 2.68. The van der Waals surface area contributed by atoms with Crippen molar-refractivity contribution in [1.29, 1.82) is 0 Å². The second kappa shape index (κ2) is 7.28. The highest BCUT2D eigenvalue weighted by molar-refractivity contribution is 5.99. The van der Waals surface area contributed by atoms with E-state index in [1.165, 1.54) is 15.7 Å². The van der Waals surface area contributed by atoms with Gasteiger partial charge in [-0.15, -0.1) is 0 Å². The number of hydrogen-bond acceptors (Lipinski definition) is 5. The van der Waals surface area contributed by atoms with Gasteiger partial charge in [-0.05, 0) is 24.1 Å². The van der Waals surface area contributed by atoms with Crippen LogP contribution in [-0.4, -0.2) is 45.8 Å². The van der Waals surface area contributed by atoms with Gasteiger partial charge in [0.15, 0.2) is 17.7 Å². The minimum absolute atomic E-state index is 0.157. The van der Waals surface area contributed by atoms with Gasteiger partial charge in [0.2, 0.25) is 5.43 Å². The molecule has 8 nitrogen and oxygen atoms in total. The number of aromatic nitrogens is 1. The molecule has 0 saturated carbocycles. The van der Waals surface area contributed by atoms with E-state index in [9.17, 15) is 28.3 Å². The first-order valence-electron chi connectivity index (χ1n) is 8.97. The van der Waals surface area contributed by atoms with Gasteiger partial charge in [0, 0.05) is 25.4 Å². The van der Waals surface area contributed by atoms with E-state index in [2.05, 4.69) is 5.32 Å². The summed E-state index contributed by atoms with van der Waals surface area (Å²) in [6.45, 7) is 0.856. The van der Waals surface area contributed by atoms with Gasteiger partial charge in [-0.25, -0.2) is 8.78 Å². The third-order valence-electron chi connectivity index (χ3n) is 4.89. The Morgan fingerprint density at radius 1 is 1.24 bits per heavy atom. The molecule has 2 N–H and O–H groups in total. The summed E-state index contributed by atoms with van der Waals surface area (Å²) in [4.78, 5) is 39.0. The number of aromatic hydroxyl groups is 1. The quantitative estimate of drug-likeness (QED) is 0.793. The Morgan fingerprint density at radius 3 is 2.69 bits per heavy atom. The first-order chi connectivity index (χ1) is 13.8. The summed E-state index contributed by atoms with van der Waals surface area (Å²) >= 11 is 0. The first kappa shape index (κ1) is 19.1. The van der Waals surface area contributed by atoms with E-state index >= 15 is 0 Å². The molecular formula is C19H17F2N3O5. The molecule has 1 saturated heterocycles. The molecule has 10 heteroatoms. The zero-order valence-electron chi connectivity index (χ0n) is 15.2. The molecule has 2 aromatic rings. The van der Waals surface area contributed by atoms with E-state index in [1.54, 1.807) is 0 Å². The minimum atomic E-state index is -0.996. The number of halogens is 2.